The Labute approximate surface area is 103 Å². The SMILES string of the molecule is C=C/C=C/B(c1ccccc1)c1ccccc1. The van der Waals surface area contributed by atoms with Gasteiger partial charge in [0.1, 0.15) is 0 Å². The van der Waals surface area contributed by atoms with Crippen LogP contribution in [-0.2, 0) is 0 Å². The fourth-order valence-corrected chi connectivity index (χ4v) is 1.93. The van der Waals surface area contributed by atoms with E-state index in [9.17, 15) is 0 Å². The van der Waals surface area contributed by atoms with Crippen LogP contribution in [0.15, 0.2) is 85.4 Å². The summed E-state index contributed by atoms with van der Waals surface area (Å²) in [7, 11) is 0. The van der Waals surface area contributed by atoms with Gasteiger partial charge >= 0.3 is 0 Å². The molecule has 0 aromatic heterocycles. The van der Waals surface area contributed by atoms with Gasteiger partial charge < -0.3 is 0 Å². The lowest BCUT2D eigenvalue weighted by Crippen LogP contribution is -2.40. The van der Waals surface area contributed by atoms with Crippen molar-refractivity contribution in [1.29, 1.82) is 0 Å². The van der Waals surface area contributed by atoms with Crippen LogP contribution in [0.25, 0.3) is 0 Å². The molecule has 0 radical (unpaired) electrons. The van der Waals surface area contributed by atoms with Crippen molar-refractivity contribution in [2.45, 2.75) is 0 Å². The van der Waals surface area contributed by atoms with Crippen LogP contribution in [0.4, 0.5) is 0 Å². The van der Waals surface area contributed by atoms with Crippen LogP contribution in [0.3, 0.4) is 0 Å². The lowest BCUT2D eigenvalue weighted by Gasteiger charge is -2.09. The summed E-state index contributed by atoms with van der Waals surface area (Å²) >= 11 is 0. The summed E-state index contributed by atoms with van der Waals surface area (Å²) in [6, 6.07) is 21.0. The summed E-state index contributed by atoms with van der Waals surface area (Å²) < 4.78 is 0. The van der Waals surface area contributed by atoms with Crippen molar-refractivity contribution < 1.29 is 0 Å². The lowest BCUT2D eigenvalue weighted by atomic mass is 9.40. The van der Waals surface area contributed by atoms with Crippen LogP contribution in [0, 0.1) is 0 Å². The first-order valence-electron chi connectivity index (χ1n) is 5.81. The minimum atomic E-state index is 0.301. The molecule has 0 N–H and O–H groups in total. The van der Waals surface area contributed by atoms with E-state index in [4.69, 9.17) is 0 Å². The number of rotatable bonds is 4. The number of allylic oxidation sites excluding steroid dienone is 2. The molecule has 0 bridgehead atoms. The quantitative estimate of drug-likeness (QED) is 0.546. The molecule has 0 aliphatic rings. The average Bonchev–Trinajstić information content (AvgIpc) is 2.42. The normalized spacial score (nSPS) is 10.4. The largest absolute Gasteiger partial charge is 0.233 e. The van der Waals surface area contributed by atoms with Crippen molar-refractivity contribution in [1.82, 2.24) is 0 Å². The summed E-state index contributed by atoms with van der Waals surface area (Å²) in [5.41, 5.74) is 2.61. The Kier molecular flexibility index (Phi) is 3.98. The standard InChI is InChI=1S/C16H15B/c1-2-3-14-17(15-10-6-4-7-11-15)16-12-8-5-9-13-16/h2-14H,1H2/b14-3+. The van der Waals surface area contributed by atoms with E-state index in [0.717, 1.165) is 0 Å². The summed E-state index contributed by atoms with van der Waals surface area (Å²) in [6.07, 6.45) is 3.82. The lowest BCUT2D eigenvalue weighted by molar-refractivity contribution is 1.73. The Bertz CT molecular complexity index is 446. The Morgan fingerprint density at radius 3 is 1.65 bits per heavy atom. The molecule has 0 nitrogen and oxygen atoms in total. The maximum absolute atomic E-state index is 3.73. The molecule has 0 saturated heterocycles. The van der Waals surface area contributed by atoms with Gasteiger partial charge in [0.25, 0.3) is 0 Å². The smallest absolute Gasteiger partial charge is 0.105 e. The fourth-order valence-electron chi connectivity index (χ4n) is 1.93. The van der Waals surface area contributed by atoms with Crippen LogP contribution in [0.1, 0.15) is 0 Å². The van der Waals surface area contributed by atoms with Gasteiger partial charge in [0.2, 0.25) is 6.71 Å². The molecule has 17 heavy (non-hydrogen) atoms. The monoisotopic (exact) mass is 218 g/mol. The number of benzene rings is 2. The summed E-state index contributed by atoms with van der Waals surface area (Å²) in [4.78, 5) is 0. The third-order valence-electron chi connectivity index (χ3n) is 2.76. The Morgan fingerprint density at radius 2 is 1.24 bits per heavy atom. The third-order valence-corrected chi connectivity index (χ3v) is 2.76. The maximum Gasteiger partial charge on any atom is 0.233 e. The highest BCUT2D eigenvalue weighted by atomic mass is 13.9. The molecule has 0 unspecified atom stereocenters. The van der Waals surface area contributed by atoms with Crippen molar-refractivity contribution in [3.63, 3.8) is 0 Å². The molecule has 0 aliphatic carbocycles. The van der Waals surface area contributed by atoms with Gasteiger partial charge in [0.05, 0.1) is 0 Å². The Morgan fingerprint density at radius 1 is 0.765 bits per heavy atom. The topological polar surface area (TPSA) is 0 Å². The van der Waals surface area contributed by atoms with Gasteiger partial charge in [0, 0.05) is 0 Å². The van der Waals surface area contributed by atoms with Crippen LogP contribution in [0.2, 0.25) is 0 Å². The maximum atomic E-state index is 3.73. The average molecular weight is 218 g/mol. The molecular formula is C16H15B. The van der Waals surface area contributed by atoms with Crippen LogP contribution < -0.4 is 10.9 Å². The first-order valence-corrected chi connectivity index (χ1v) is 5.81. The van der Waals surface area contributed by atoms with E-state index in [-0.39, 0.29) is 0 Å². The highest BCUT2D eigenvalue weighted by Gasteiger charge is 2.14. The molecule has 82 valence electrons. The van der Waals surface area contributed by atoms with Crippen molar-refractivity contribution >= 4 is 17.6 Å². The van der Waals surface area contributed by atoms with Gasteiger partial charge in [-0.3, -0.25) is 0 Å². The van der Waals surface area contributed by atoms with Gasteiger partial charge in [0.15, 0.2) is 0 Å². The van der Waals surface area contributed by atoms with Crippen molar-refractivity contribution in [2.75, 3.05) is 0 Å². The summed E-state index contributed by atoms with van der Waals surface area (Å²) in [6.45, 7) is 4.03. The molecule has 2 rings (SSSR count). The summed E-state index contributed by atoms with van der Waals surface area (Å²) in [5.74, 6) is 2.18. The second kappa shape index (κ2) is 5.90. The highest BCUT2D eigenvalue weighted by Crippen LogP contribution is 1.94. The van der Waals surface area contributed by atoms with Crippen molar-refractivity contribution in [2.24, 2.45) is 0 Å². The molecule has 0 aliphatic heterocycles. The van der Waals surface area contributed by atoms with Crippen LogP contribution in [0.5, 0.6) is 0 Å². The first-order chi connectivity index (χ1) is 8.42. The zero-order chi connectivity index (χ0) is 11.9. The molecule has 0 saturated carbocycles. The van der Waals surface area contributed by atoms with Gasteiger partial charge in [-0.15, -0.1) is 5.98 Å². The highest BCUT2D eigenvalue weighted by molar-refractivity contribution is 6.89. The van der Waals surface area contributed by atoms with Crippen molar-refractivity contribution in [3.8, 4) is 0 Å². The molecule has 2 aromatic rings. The molecule has 0 amide bonds. The zero-order valence-corrected chi connectivity index (χ0v) is 9.79. The first kappa shape index (κ1) is 11.5. The zero-order valence-electron chi connectivity index (χ0n) is 9.79. The fraction of sp³-hybridized carbons (Fsp3) is 0. The van der Waals surface area contributed by atoms with E-state index in [1.54, 1.807) is 0 Å². The molecule has 0 spiro atoms. The Balaban J connectivity index is 2.39. The Hall–Kier alpha value is -2.02. The summed E-state index contributed by atoms with van der Waals surface area (Å²) in [5, 5.41) is 0. The molecular weight excluding hydrogens is 203 g/mol. The van der Waals surface area contributed by atoms with Gasteiger partial charge in [-0.2, -0.15) is 0 Å². The minimum absolute atomic E-state index is 0.301. The van der Waals surface area contributed by atoms with Crippen LogP contribution >= 0.6 is 0 Å². The molecule has 0 atom stereocenters. The number of hydrogen-bond donors (Lipinski definition) is 0. The van der Waals surface area contributed by atoms with E-state index < -0.39 is 0 Å². The predicted octanol–water partition coefficient (Wildman–Crippen LogP) is 2.58. The third kappa shape index (κ3) is 2.98. The molecule has 0 fully saturated rings. The molecule has 1 heteroatoms. The predicted molar refractivity (Wildman–Crippen MR) is 77.2 cm³/mol. The second-order valence-electron chi connectivity index (χ2n) is 3.92. The van der Waals surface area contributed by atoms with E-state index >= 15 is 0 Å². The second-order valence-corrected chi connectivity index (χ2v) is 3.92. The van der Waals surface area contributed by atoms with E-state index in [2.05, 4.69) is 61.1 Å². The van der Waals surface area contributed by atoms with Crippen molar-refractivity contribution in [3.05, 3.63) is 85.4 Å². The van der Waals surface area contributed by atoms with E-state index in [1.807, 2.05) is 24.3 Å². The van der Waals surface area contributed by atoms with Gasteiger partial charge in [-0.1, -0.05) is 90.3 Å². The molecule has 0 heterocycles. The molecule has 2 aromatic carbocycles. The van der Waals surface area contributed by atoms with Gasteiger partial charge in [-0.05, 0) is 0 Å². The van der Waals surface area contributed by atoms with Crippen LogP contribution in [-0.4, -0.2) is 6.71 Å². The van der Waals surface area contributed by atoms with E-state index in [1.165, 1.54) is 10.9 Å². The number of hydrogen-bond acceptors (Lipinski definition) is 0. The van der Waals surface area contributed by atoms with E-state index in [0.29, 0.717) is 6.71 Å². The van der Waals surface area contributed by atoms with Gasteiger partial charge in [-0.25, -0.2) is 0 Å². The minimum Gasteiger partial charge on any atom is -0.105 e.